The summed E-state index contributed by atoms with van der Waals surface area (Å²) in [6.45, 7) is 12.2. The molecule has 0 spiro atoms. The van der Waals surface area contributed by atoms with Crippen LogP contribution in [0.1, 0.15) is 75.2 Å². The molecule has 2 aromatic rings. The Kier molecular flexibility index (Phi) is 7.11. The number of hydrogen-bond acceptors (Lipinski definition) is 6. The Labute approximate surface area is 176 Å². The van der Waals surface area contributed by atoms with Crippen LogP contribution >= 0.6 is 11.3 Å². The number of aromatic nitrogens is 2. The van der Waals surface area contributed by atoms with Gasteiger partial charge in [0.25, 0.3) is 5.56 Å². The van der Waals surface area contributed by atoms with E-state index in [1.165, 1.54) is 6.42 Å². The summed E-state index contributed by atoms with van der Waals surface area (Å²) in [5.41, 5.74) is 0.825. The second kappa shape index (κ2) is 9.39. The zero-order valence-corrected chi connectivity index (χ0v) is 19.1. The van der Waals surface area contributed by atoms with Crippen LogP contribution < -0.4 is 5.56 Å². The molecule has 1 aliphatic rings. The van der Waals surface area contributed by atoms with Crippen LogP contribution in [0.5, 0.6) is 0 Å². The first-order valence-electron chi connectivity index (χ1n) is 10.8. The summed E-state index contributed by atoms with van der Waals surface area (Å²) >= 11 is 1.55. The number of fused-ring (bicyclic) bond motifs is 1. The molecular weight excluding hydrogens is 386 g/mol. The van der Waals surface area contributed by atoms with E-state index in [9.17, 15) is 9.59 Å². The Morgan fingerprint density at radius 3 is 2.52 bits per heavy atom. The van der Waals surface area contributed by atoms with Crippen molar-refractivity contribution >= 4 is 27.5 Å². The predicted octanol–water partition coefficient (Wildman–Crippen LogP) is 4.35. The highest BCUT2D eigenvalue weighted by atomic mass is 32.1. The van der Waals surface area contributed by atoms with Gasteiger partial charge in [-0.15, -0.1) is 11.3 Å². The van der Waals surface area contributed by atoms with Crippen molar-refractivity contribution in [3.05, 3.63) is 26.6 Å². The fourth-order valence-electron chi connectivity index (χ4n) is 4.06. The smallest absolute Gasteiger partial charge is 0.329 e. The molecule has 0 amide bonds. The number of nitrogens with zero attached hydrogens (tertiary/aromatic N) is 3. The molecule has 1 fully saturated rings. The standard InChI is InChI=1S/C22H33N3O3S/c1-6-24(7-2)13-18-23-20-19(14(3)16(5)29-20)21(26)25(18)15(4)22(27)28-17-11-9-8-10-12-17/h15,17H,6-13H2,1-5H3. The molecule has 0 N–H and O–H groups in total. The summed E-state index contributed by atoms with van der Waals surface area (Å²) in [5.74, 6) is 0.311. The van der Waals surface area contributed by atoms with Gasteiger partial charge in [0.15, 0.2) is 0 Å². The van der Waals surface area contributed by atoms with E-state index < -0.39 is 6.04 Å². The minimum Gasteiger partial charge on any atom is -0.461 e. The molecule has 2 heterocycles. The molecule has 3 rings (SSSR count). The topological polar surface area (TPSA) is 64.4 Å². The van der Waals surface area contributed by atoms with E-state index in [1.807, 2.05) is 13.8 Å². The Hall–Kier alpha value is -1.73. The van der Waals surface area contributed by atoms with Gasteiger partial charge in [0.2, 0.25) is 0 Å². The Bertz CT molecular complexity index is 924. The van der Waals surface area contributed by atoms with Gasteiger partial charge in [0.05, 0.1) is 11.9 Å². The zero-order valence-electron chi connectivity index (χ0n) is 18.3. The minimum absolute atomic E-state index is 0.0255. The number of rotatable bonds is 7. The van der Waals surface area contributed by atoms with Crippen molar-refractivity contribution in [1.29, 1.82) is 0 Å². The highest BCUT2D eigenvalue weighted by Gasteiger charge is 2.27. The number of esters is 1. The average molecular weight is 420 g/mol. The zero-order chi connectivity index (χ0) is 21.1. The van der Waals surface area contributed by atoms with E-state index in [-0.39, 0.29) is 17.6 Å². The van der Waals surface area contributed by atoms with Gasteiger partial charge >= 0.3 is 5.97 Å². The number of carbonyl (C=O) groups excluding carboxylic acids is 1. The van der Waals surface area contributed by atoms with E-state index in [0.29, 0.717) is 17.8 Å². The quantitative estimate of drug-likeness (QED) is 0.624. The maximum Gasteiger partial charge on any atom is 0.329 e. The maximum atomic E-state index is 13.5. The number of aryl methyl sites for hydroxylation is 2. The first-order valence-corrected chi connectivity index (χ1v) is 11.6. The molecule has 6 nitrogen and oxygen atoms in total. The van der Waals surface area contributed by atoms with Crippen molar-refractivity contribution in [2.45, 2.75) is 85.4 Å². The third-order valence-electron chi connectivity index (χ3n) is 6.13. The number of hydrogen-bond donors (Lipinski definition) is 0. The van der Waals surface area contributed by atoms with E-state index in [4.69, 9.17) is 9.72 Å². The van der Waals surface area contributed by atoms with Gasteiger partial charge in [-0.05, 0) is 65.1 Å². The number of carbonyl (C=O) groups is 1. The first kappa shape index (κ1) is 22.0. The highest BCUT2D eigenvalue weighted by Crippen LogP contribution is 2.28. The Morgan fingerprint density at radius 2 is 1.90 bits per heavy atom. The fourth-order valence-corrected chi connectivity index (χ4v) is 5.10. The third-order valence-corrected chi connectivity index (χ3v) is 7.23. The molecule has 1 aliphatic carbocycles. The second-order valence-electron chi connectivity index (χ2n) is 8.00. The van der Waals surface area contributed by atoms with Crippen molar-refractivity contribution in [3.63, 3.8) is 0 Å². The summed E-state index contributed by atoms with van der Waals surface area (Å²) < 4.78 is 7.36. The summed E-state index contributed by atoms with van der Waals surface area (Å²) in [6, 6.07) is -0.688. The van der Waals surface area contributed by atoms with Gasteiger partial charge in [-0.1, -0.05) is 20.3 Å². The van der Waals surface area contributed by atoms with Gasteiger partial charge < -0.3 is 4.74 Å². The lowest BCUT2D eigenvalue weighted by Gasteiger charge is -2.26. The summed E-state index contributed by atoms with van der Waals surface area (Å²) in [4.78, 5) is 35.3. The van der Waals surface area contributed by atoms with Crippen molar-refractivity contribution in [2.75, 3.05) is 13.1 Å². The first-order chi connectivity index (χ1) is 13.9. The van der Waals surface area contributed by atoms with E-state index >= 15 is 0 Å². The van der Waals surface area contributed by atoms with E-state index in [0.717, 1.165) is 54.0 Å². The van der Waals surface area contributed by atoms with Crippen LogP contribution in [-0.4, -0.2) is 39.6 Å². The van der Waals surface area contributed by atoms with Gasteiger partial charge in [-0.3, -0.25) is 14.3 Å². The molecule has 1 atom stereocenters. The van der Waals surface area contributed by atoms with Crippen LogP contribution in [-0.2, 0) is 16.1 Å². The normalized spacial score (nSPS) is 16.5. The average Bonchev–Trinajstić information content (AvgIpc) is 3.00. The van der Waals surface area contributed by atoms with E-state index in [2.05, 4.69) is 18.7 Å². The van der Waals surface area contributed by atoms with Crippen LogP contribution in [0.15, 0.2) is 4.79 Å². The second-order valence-corrected chi connectivity index (χ2v) is 9.20. The van der Waals surface area contributed by atoms with Crippen molar-refractivity contribution in [3.8, 4) is 0 Å². The van der Waals surface area contributed by atoms with Gasteiger partial charge in [0, 0.05) is 4.88 Å². The lowest BCUT2D eigenvalue weighted by Crippen LogP contribution is -2.36. The monoisotopic (exact) mass is 419 g/mol. The van der Waals surface area contributed by atoms with Crippen LogP contribution in [0, 0.1) is 13.8 Å². The largest absolute Gasteiger partial charge is 0.461 e. The van der Waals surface area contributed by atoms with Crippen molar-refractivity contribution in [2.24, 2.45) is 0 Å². The molecule has 7 heteroatoms. The molecule has 0 saturated heterocycles. The van der Waals surface area contributed by atoms with Crippen LogP contribution in [0.2, 0.25) is 0 Å². The Morgan fingerprint density at radius 1 is 1.24 bits per heavy atom. The summed E-state index contributed by atoms with van der Waals surface area (Å²) in [5, 5.41) is 0.633. The van der Waals surface area contributed by atoms with E-state index in [1.54, 1.807) is 22.8 Å². The van der Waals surface area contributed by atoms with Crippen LogP contribution in [0.3, 0.4) is 0 Å². The molecule has 0 aromatic carbocycles. The molecule has 29 heavy (non-hydrogen) atoms. The lowest BCUT2D eigenvalue weighted by molar-refractivity contribution is -0.154. The lowest BCUT2D eigenvalue weighted by atomic mass is 9.98. The fraction of sp³-hybridized carbons (Fsp3) is 0.682. The summed E-state index contributed by atoms with van der Waals surface area (Å²) in [7, 11) is 0. The summed E-state index contributed by atoms with van der Waals surface area (Å²) in [6.07, 6.45) is 5.21. The third kappa shape index (κ3) is 4.56. The van der Waals surface area contributed by atoms with Crippen molar-refractivity contribution < 1.29 is 9.53 Å². The van der Waals surface area contributed by atoms with Gasteiger partial charge in [-0.25, -0.2) is 9.78 Å². The minimum atomic E-state index is -0.688. The van der Waals surface area contributed by atoms with Crippen LogP contribution in [0.25, 0.3) is 10.2 Å². The number of thiophene rings is 1. The molecule has 1 unspecified atom stereocenters. The molecule has 160 valence electrons. The van der Waals surface area contributed by atoms with Crippen molar-refractivity contribution in [1.82, 2.24) is 14.5 Å². The SMILES string of the molecule is CCN(CC)Cc1nc2sc(C)c(C)c2c(=O)n1C(C)C(=O)OC1CCCCC1. The number of ether oxygens (including phenoxy) is 1. The van der Waals surface area contributed by atoms with Gasteiger partial charge in [-0.2, -0.15) is 0 Å². The predicted molar refractivity (Wildman–Crippen MR) is 118 cm³/mol. The highest BCUT2D eigenvalue weighted by molar-refractivity contribution is 7.18. The van der Waals surface area contributed by atoms with Crippen LogP contribution in [0.4, 0.5) is 0 Å². The van der Waals surface area contributed by atoms with Gasteiger partial charge in [0.1, 0.15) is 22.8 Å². The molecule has 0 aliphatic heterocycles. The molecule has 0 radical (unpaired) electrons. The molecule has 2 aromatic heterocycles. The Balaban J connectivity index is 2.02. The maximum absolute atomic E-state index is 13.5. The molecule has 0 bridgehead atoms. The molecule has 1 saturated carbocycles. The molecular formula is C22H33N3O3S.